The number of rotatable bonds is 11. The fourth-order valence-corrected chi connectivity index (χ4v) is 4.96. The van der Waals surface area contributed by atoms with Gasteiger partial charge in [0.05, 0.1) is 12.3 Å². The number of ketones is 1. The van der Waals surface area contributed by atoms with E-state index in [1.807, 2.05) is 11.8 Å². The standard InChI is InChI=1S/C28H33FN4O4/c1-18-23-8-10-33(15-24(23)25(29)12-27(18)36-16-22-13-30-17-37-22)14-21(34)5-6-26(35)19-7-9-31-28(11-19)32-20-3-2-4-20/h7,9,11-13,17,20-21,34H,2-6,8,10,14-16H2,1H3,(H,31,32)/t21-/m1/s1. The molecule has 2 aliphatic rings. The summed E-state index contributed by atoms with van der Waals surface area (Å²) < 4.78 is 26.0. The zero-order valence-corrected chi connectivity index (χ0v) is 21.1. The van der Waals surface area contributed by atoms with Gasteiger partial charge in [0.2, 0.25) is 0 Å². The summed E-state index contributed by atoms with van der Waals surface area (Å²) in [6, 6.07) is 5.38. The van der Waals surface area contributed by atoms with Crippen molar-refractivity contribution in [1.29, 1.82) is 0 Å². The number of carbonyl (C=O) groups is 1. The first-order valence-electron chi connectivity index (χ1n) is 12.9. The van der Waals surface area contributed by atoms with Gasteiger partial charge in [-0.1, -0.05) is 0 Å². The van der Waals surface area contributed by atoms with E-state index in [9.17, 15) is 9.90 Å². The summed E-state index contributed by atoms with van der Waals surface area (Å²) in [5, 5.41) is 14.0. The number of halogens is 1. The van der Waals surface area contributed by atoms with Gasteiger partial charge < -0.3 is 19.6 Å². The van der Waals surface area contributed by atoms with Gasteiger partial charge in [-0.05, 0) is 62.3 Å². The third-order valence-electron chi connectivity index (χ3n) is 7.36. The van der Waals surface area contributed by atoms with Crippen molar-refractivity contribution in [3.8, 4) is 5.75 Å². The minimum atomic E-state index is -0.673. The molecule has 0 radical (unpaired) electrons. The van der Waals surface area contributed by atoms with Crippen LogP contribution >= 0.6 is 0 Å². The van der Waals surface area contributed by atoms with Gasteiger partial charge in [0, 0.05) is 55.5 Å². The van der Waals surface area contributed by atoms with Crippen molar-refractivity contribution in [2.24, 2.45) is 0 Å². The molecule has 2 N–H and O–H groups in total. The number of aliphatic hydroxyl groups is 1. The molecule has 3 aromatic rings. The topological polar surface area (TPSA) is 101 Å². The van der Waals surface area contributed by atoms with Gasteiger partial charge >= 0.3 is 0 Å². The minimum absolute atomic E-state index is 0.0124. The van der Waals surface area contributed by atoms with Crippen LogP contribution in [0.1, 0.15) is 64.9 Å². The molecule has 3 heterocycles. The lowest BCUT2D eigenvalue weighted by atomic mass is 9.93. The Kier molecular flexibility index (Phi) is 7.81. The van der Waals surface area contributed by atoms with Crippen molar-refractivity contribution >= 4 is 11.6 Å². The van der Waals surface area contributed by atoms with Crippen LogP contribution in [-0.4, -0.2) is 51.0 Å². The van der Waals surface area contributed by atoms with Crippen molar-refractivity contribution < 1.29 is 23.4 Å². The molecule has 9 heteroatoms. The SMILES string of the molecule is Cc1c(OCc2cnco2)cc(F)c2c1CCN(C[C@H](O)CCC(=O)c1ccnc(NC3CCC3)c1)C2. The highest BCUT2D eigenvalue weighted by Crippen LogP contribution is 2.32. The number of Topliss-reactive ketones (excluding diaryl/α,β-unsaturated/α-hetero) is 1. The number of β-amino-alcohol motifs (C(OH)–C–C–N with tert-alkyl or cyclic N) is 1. The summed E-state index contributed by atoms with van der Waals surface area (Å²) in [6.45, 7) is 3.63. The lowest BCUT2D eigenvalue weighted by Crippen LogP contribution is -2.37. The third kappa shape index (κ3) is 6.17. The number of aromatic nitrogens is 2. The van der Waals surface area contributed by atoms with E-state index >= 15 is 4.39 Å². The molecule has 0 saturated heterocycles. The Bertz CT molecular complexity index is 1230. The zero-order valence-electron chi connectivity index (χ0n) is 21.1. The summed E-state index contributed by atoms with van der Waals surface area (Å²) >= 11 is 0. The molecule has 1 fully saturated rings. The lowest BCUT2D eigenvalue weighted by Gasteiger charge is -2.32. The smallest absolute Gasteiger partial charge is 0.181 e. The Morgan fingerprint density at radius 3 is 2.97 bits per heavy atom. The number of benzene rings is 1. The van der Waals surface area contributed by atoms with E-state index in [2.05, 4.69) is 15.3 Å². The van der Waals surface area contributed by atoms with Crippen LogP contribution in [0.15, 0.2) is 41.4 Å². The first-order valence-corrected chi connectivity index (χ1v) is 12.9. The summed E-state index contributed by atoms with van der Waals surface area (Å²) in [7, 11) is 0. The van der Waals surface area contributed by atoms with E-state index in [1.165, 1.54) is 18.9 Å². The van der Waals surface area contributed by atoms with E-state index in [0.29, 0.717) is 61.2 Å². The van der Waals surface area contributed by atoms with Crippen LogP contribution in [0.4, 0.5) is 10.2 Å². The molecule has 1 saturated carbocycles. The number of carbonyl (C=O) groups excluding carboxylic acids is 1. The maximum Gasteiger partial charge on any atom is 0.181 e. The van der Waals surface area contributed by atoms with E-state index in [-0.39, 0.29) is 24.6 Å². The van der Waals surface area contributed by atoms with Gasteiger partial charge in [-0.3, -0.25) is 9.69 Å². The molecule has 2 aromatic heterocycles. The molecule has 1 aliphatic carbocycles. The third-order valence-corrected chi connectivity index (χ3v) is 7.36. The van der Waals surface area contributed by atoms with Crippen molar-refractivity contribution in [3.63, 3.8) is 0 Å². The highest BCUT2D eigenvalue weighted by atomic mass is 19.1. The van der Waals surface area contributed by atoms with Crippen LogP contribution in [0, 0.1) is 12.7 Å². The van der Waals surface area contributed by atoms with Crippen LogP contribution in [-0.2, 0) is 19.6 Å². The second kappa shape index (κ2) is 11.4. The Balaban J connectivity index is 1.13. The highest BCUT2D eigenvalue weighted by Gasteiger charge is 2.25. The Labute approximate surface area is 215 Å². The first-order chi connectivity index (χ1) is 18.0. The maximum absolute atomic E-state index is 15.0. The lowest BCUT2D eigenvalue weighted by molar-refractivity contribution is 0.0833. The van der Waals surface area contributed by atoms with Crippen LogP contribution < -0.4 is 10.1 Å². The second-order valence-electron chi connectivity index (χ2n) is 10.00. The Morgan fingerprint density at radius 2 is 2.22 bits per heavy atom. The molecule has 37 heavy (non-hydrogen) atoms. The number of nitrogens with one attached hydrogen (secondary N) is 1. The number of oxazole rings is 1. The van der Waals surface area contributed by atoms with Crippen LogP contribution in [0.3, 0.4) is 0 Å². The van der Waals surface area contributed by atoms with Gasteiger partial charge in [0.25, 0.3) is 0 Å². The highest BCUT2D eigenvalue weighted by molar-refractivity contribution is 5.96. The van der Waals surface area contributed by atoms with Gasteiger partial charge in [-0.15, -0.1) is 0 Å². The Morgan fingerprint density at radius 1 is 1.35 bits per heavy atom. The van der Waals surface area contributed by atoms with Crippen molar-refractivity contribution in [1.82, 2.24) is 14.9 Å². The second-order valence-corrected chi connectivity index (χ2v) is 10.00. The first kappa shape index (κ1) is 25.4. The number of aliphatic hydroxyl groups excluding tert-OH is 1. The molecule has 5 rings (SSSR count). The summed E-state index contributed by atoms with van der Waals surface area (Å²) in [5.74, 6) is 1.48. The Hall–Kier alpha value is -3.30. The molecule has 0 unspecified atom stereocenters. The number of fused-ring (bicyclic) bond motifs is 1. The number of nitrogens with zero attached hydrogens (tertiary/aromatic N) is 3. The maximum atomic E-state index is 15.0. The van der Waals surface area contributed by atoms with Gasteiger partial charge in [0.15, 0.2) is 17.9 Å². The van der Waals surface area contributed by atoms with Crippen LogP contribution in [0.5, 0.6) is 5.75 Å². The average Bonchev–Trinajstić information content (AvgIpc) is 3.40. The molecule has 1 aliphatic heterocycles. The van der Waals surface area contributed by atoms with Crippen molar-refractivity contribution in [2.45, 2.75) is 70.7 Å². The van der Waals surface area contributed by atoms with Crippen LogP contribution in [0.2, 0.25) is 0 Å². The number of hydrogen-bond acceptors (Lipinski definition) is 8. The summed E-state index contributed by atoms with van der Waals surface area (Å²) in [6.07, 6.45) is 8.64. The summed E-state index contributed by atoms with van der Waals surface area (Å²) in [4.78, 5) is 22.9. The molecule has 196 valence electrons. The van der Waals surface area contributed by atoms with Gasteiger partial charge in [0.1, 0.15) is 24.0 Å². The predicted molar refractivity (Wildman–Crippen MR) is 136 cm³/mol. The fraction of sp³-hybridized carbons (Fsp3) is 0.464. The van der Waals surface area contributed by atoms with E-state index in [1.54, 1.807) is 24.5 Å². The zero-order chi connectivity index (χ0) is 25.8. The van der Waals surface area contributed by atoms with E-state index in [0.717, 1.165) is 29.8 Å². The summed E-state index contributed by atoms with van der Waals surface area (Å²) in [5.41, 5.74) is 3.12. The molecule has 1 atom stereocenters. The average molecular weight is 509 g/mol. The number of pyridine rings is 1. The van der Waals surface area contributed by atoms with Crippen molar-refractivity contribution in [3.05, 3.63) is 70.8 Å². The molecular weight excluding hydrogens is 475 g/mol. The molecule has 0 amide bonds. The molecular formula is C28H33FN4O4. The number of anilines is 1. The normalized spacial score (nSPS) is 16.6. The molecule has 8 nitrogen and oxygen atoms in total. The molecule has 0 bridgehead atoms. The molecule has 0 spiro atoms. The van der Waals surface area contributed by atoms with E-state index in [4.69, 9.17) is 9.15 Å². The predicted octanol–water partition coefficient (Wildman–Crippen LogP) is 4.44. The van der Waals surface area contributed by atoms with Gasteiger partial charge in [-0.2, -0.15) is 0 Å². The fourth-order valence-electron chi connectivity index (χ4n) is 4.96. The quantitative estimate of drug-likeness (QED) is 0.367. The largest absolute Gasteiger partial charge is 0.485 e. The minimum Gasteiger partial charge on any atom is -0.485 e. The van der Waals surface area contributed by atoms with Crippen molar-refractivity contribution in [2.75, 3.05) is 18.4 Å². The van der Waals surface area contributed by atoms with Gasteiger partial charge in [-0.25, -0.2) is 14.4 Å². The molecule has 1 aromatic carbocycles. The van der Waals surface area contributed by atoms with Crippen LogP contribution in [0.25, 0.3) is 0 Å². The monoisotopic (exact) mass is 508 g/mol. The van der Waals surface area contributed by atoms with E-state index < -0.39 is 6.10 Å². The number of hydrogen-bond donors (Lipinski definition) is 2. The number of ether oxygens (including phenoxy) is 1.